The van der Waals surface area contributed by atoms with E-state index in [4.69, 9.17) is 16.3 Å². The van der Waals surface area contributed by atoms with Gasteiger partial charge in [0, 0.05) is 0 Å². The van der Waals surface area contributed by atoms with E-state index in [1.165, 1.54) is 42.6 Å². The van der Waals surface area contributed by atoms with Gasteiger partial charge in [-0.25, -0.2) is 18.6 Å². The van der Waals surface area contributed by atoms with Crippen molar-refractivity contribution in [3.05, 3.63) is 125 Å². The lowest BCUT2D eigenvalue weighted by Gasteiger charge is -2.25. The number of nitrogens with one attached hydrogen (secondary N) is 1. The molecule has 1 N–H and O–H groups in total. The molecule has 4 rings (SSSR count). The molecule has 0 spiro atoms. The molecule has 0 aliphatic carbocycles. The van der Waals surface area contributed by atoms with Crippen LogP contribution in [0.3, 0.4) is 0 Å². The molecule has 4 aromatic rings. The Morgan fingerprint density at radius 2 is 1.52 bits per heavy atom. The summed E-state index contributed by atoms with van der Waals surface area (Å²) in [5, 5.41) is 3.48. The van der Waals surface area contributed by atoms with Gasteiger partial charge in [0.1, 0.15) is 12.3 Å². The van der Waals surface area contributed by atoms with Crippen LogP contribution in [0.1, 0.15) is 21.5 Å². The molecular weight excluding hydrogens is 595 g/mol. The number of hydrazone groups is 1. The lowest BCUT2D eigenvalue weighted by Crippen LogP contribution is -2.40. The van der Waals surface area contributed by atoms with Gasteiger partial charge in [0.2, 0.25) is 0 Å². The molecule has 0 radical (unpaired) electrons. The predicted molar refractivity (Wildman–Crippen MR) is 151 cm³/mol. The second-order valence-corrected chi connectivity index (χ2v) is 10.9. The predicted octanol–water partition coefficient (Wildman–Crippen LogP) is 5.92. The van der Waals surface area contributed by atoms with Gasteiger partial charge >= 0.3 is 12.1 Å². The Balaban J connectivity index is 1.50. The molecule has 0 atom stereocenters. The molecule has 0 aliphatic rings. The average Bonchev–Trinajstić information content (AvgIpc) is 2.97. The molecule has 0 heterocycles. The minimum Gasteiger partial charge on any atom is -0.423 e. The lowest BCUT2D eigenvalue weighted by molar-refractivity contribution is -0.137. The van der Waals surface area contributed by atoms with Crippen molar-refractivity contribution in [2.24, 2.45) is 5.10 Å². The quantitative estimate of drug-likeness (QED) is 0.109. The summed E-state index contributed by atoms with van der Waals surface area (Å²) in [7, 11) is -4.52. The first-order chi connectivity index (χ1) is 19.9. The van der Waals surface area contributed by atoms with Gasteiger partial charge in [-0.3, -0.25) is 9.10 Å². The third-order valence-electron chi connectivity index (χ3n) is 5.66. The molecule has 4 aromatic carbocycles. The molecule has 0 saturated carbocycles. The van der Waals surface area contributed by atoms with E-state index in [9.17, 15) is 31.2 Å². The molecule has 216 valence electrons. The zero-order chi connectivity index (χ0) is 30.3. The number of carbonyl (C=O) groups excluding carboxylic acids is 2. The van der Waals surface area contributed by atoms with Crippen molar-refractivity contribution in [2.75, 3.05) is 10.8 Å². The number of ether oxygens (including phenoxy) is 1. The number of amides is 1. The molecule has 0 unspecified atom stereocenters. The number of hydrogen-bond acceptors (Lipinski definition) is 6. The standard InChI is InChI=1S/C29H21ClF3N3O5S/c30-25-16-13-22(29(31,32)33)17-26(25)36(42(39,40)24-9-5-2-6-10-24)19-27(37)35-34-18-20-11-14-23(15-12-20)41-28(38)21-7-3-1-4-8-21/h1-18H,19H2,(H,35,37)/b34-18-. The van der Waals surface area contributed by atoms with E-state index >= 15 is 0 Å². The number of benzene rings is 4. The highest BCUT2D eigenvalue weighted by atomic mass is 35.5. The van der Waals surface area contributed by atoms with Crippen molar-refractivity contribution >= 4 is 45.4 Å². The third-order valence-corrected chi connectivity index (χ3v) is 7.76. The second-order valence-electron chi connectivity index (χ2n) is 8.61. The normalized spacial score (nSPS) is 11.7. The molecule has 0 aromatic heterocycles. The largest absolute Gasteiger partial charge is 0.423 e. The zero-order valence-corrected chi connectivity index (χ0v) is 23.0. The number of alkyl halides is 3. The Morgan fingerprint density at radius 1 is 0.905 bits per heavy atom. The van der Waals surface area contributed by atoms with Crippen LogP contribution in [0.25, 0.3) is 0 Å². The van der Waals surface area contributed by atoms with Crippen LogP contribution in [0.15, 0.2) is 113 Å². The van der Waals surface area contributed by atoms with Crippen LogP contribution < -0.4 is 14.5 Å². The molecule has 8 nitrogen and oxygen atoms in total. The SMILES string of the molecule is O=C(CN(c1cc(C(F)(F)F)ccc1Cl)S(=O)(=O)c1ccccc1)N/N=C\c1ccc(OC(=O)c2ccccc2)cc1. The number of esters is 1. The molecule has 0 saturated heterocycles. The van der Waals surface area contributed by atoms with Gasteiger partial charge in [-0.2, -0.15) is 18.3 Å². The summed E-state index contributed by atoms with van der Waals surface area (Å²) in [5.74, 6) is -1.22. The van der Waals surface area contributed by atoms with Gasteiger partial charge in [-0.1, -0.05) is 48.0 Å². The number of hydrogen-bond donors (Lipinski definition) is 1. The highest BCUT2D eigenvalue weighted by Crippen LogP contribution is 2.37. The summed E-state index contributed by atoms with van der Waals surface area (Å²) in [6.07, 6.45) is -3.54. The van der Waals surface area contributed by atoms with Crippen molar-refractivity contribution in [1.82, 2.24) is 5.43 Å². The Bertz CT molecular complexity index is 1700. The molecule has 42 heavy (non-hydrogen) atoms. The summed E-state index contributed by atoms with van der Waals surface area (Å²) in [5.41, 5.74) is 1.35. The smallest absolute Gasteiger partial charge is 0.416 e. The minimum absolute atomic E-state index is 0.261. The number of carbonyl (C=O) groups is 2. The molecular formula is C29H21ClF3N3O5S. The van der Waals surface area contributed by atoms with Crippen LogP contribution >= 0.6 is 11.6 Å². The highest BCUT2D eigenvalue weighted by molar-refractivity contribution is 7.92. The number of nitrogens with zero attached hydrogens (tertiary/aromatic N) is 2. The van der Waals surface area contributed by atoms with Crippen molar-refractivity contribution < 1.29 is 35.9 Å². The summed E-state index contributed by atoms with van der Waals surface area (Å²) >= 11 is 6.12. The van der Waals surface area contributed by atoms with Gasteiger partial charge in [0.05, 0.1) is 32.9 Å². The van der Waals surface area contributed by atoms with Gasteiger partial charge in [-0.15, -0.1) is 0 Å². The first-order valence-electron chi connectivity index (χ1n) is 12.1. The van der Waals surface area contributed by atoms with Gasteiger partial charge in [0.15, 0.2) is 0 Å². The van der Waals surface area contributed by atoms with Gasteiger partial charge in [-0.05, 0) is 72.3 Å². The second kappa shape index (κ2) is 12.9. The van der Waals surface area contributed by atoms with Gasteiger partial charge in [0.25, 0.3) is 15.9 Å². The summed E-state index contributed by atoms with van der Waals surface area (Å²) in [4.78, 5) is 24.7. The maximum atomic E-state index is 13.4. The Kier molecular flexibility index (Phi) is 9.28. The Labute approximate surface area is 244 Å². The monoisotopic (exact) mass is 615 g/mol. The van der Waals surface area contributed by atoms with Crippen LogP contribution in [0.2, 0.25) is 5.02 Å². The number of sulfonamides is 1. The van der Waals surface area contributed by atoms with Crippen molar-refractivity contribution in [1.29, 1.82) is 0 Å². The van der Waals surface area contributed by atoms with Crippen LogP contribution in [0, 0.1) is 0 Å². The highest BCUT2D eigenvalue weighted by Gasteiger charge is 2.34. The van der Waals surface area contributed by atoms with Crippen LogP contribution in [-0.2, 0) is 21.0 Å². The van der Waals surface area contributed by atoms with E-state index in [0.29, 0.717) is 27.6 Å². The molecule has 13 heteroatoms. The van der Waals surface area contributed by atoms with E-state index < -0.39 is 45.9 Å². The van der Waals surface area contributed by atoms with Crippen LogP contribution in [0.4, 0.5) is 18.9 Å². The van der Waals surface area contributed by atoms with E-state index in [-0.39, 0.29) is 15.7 Å². The van der Waals surface area contributed by atoms with E-state index in [1.54, 1.807) is 48.5 Å². The Morgan fingerprint density at radius 3 is 2.14 bits per heavy atom. The topological polar surface area (TPSA) is 105 Å². The first kappa shape index (κ1) is 30.3. The summed E-state index contributed by atoms with van der Waals surface area (Å²) in [6.45, 7) is -0.927. The lowest BCUT2D eigenvalue weighted by atomic mass is 10.2. The fraction of sp³-hybridized carbons (Fsp3) is 0.0690. The van der Waals surface area contributed by atoms with Crippen LogP contribution in [-0.4, -0.2) is 33.1 Å². The fourth-order valence-corrected chi connectivity index (χ4v) is 5.33. The zero-order valence-electron chi connectivity index (χ0n) is 21.5. The molecule has 0 bridgehead atoms. The third kappa shape index (κ3) is 7.53. The van der Waals surface area contributed by atoms with Crippen molar-refractivity contribution in [2.45, 2.75) is 11.1 Å². The maximum Gasteiger partial charge on any atom is 0.416 e. The molecule has 1 amide bonds. The van der Waals surface area contributed by atoms with E-state index in [0.717, 1.165) is 6.07 Å². The molecule has 0 aliphatic heterocycles. The summed E-state index contributed by atoms with van der Waals surface area (Å²) < 4.78 is 72.8. The maximum absolute atomic E-state index is 13.4. The number of anilines is 1. The summed E-state index contributed by atoms with van der Waals surface area (Å²) in [6, 6.07) is 23.6. The van der Waals surface area contributed by atoms with Crippen molar-refractivity contribution in [3.8, 4) is 5.75 Å². The van der Waals surface area contributed by atoms with Crippen molar-refractivity contribution in [3.63, 3.8) is 0 Å². The van der Waals surface area contributed by atoms with E-state index in [2.05, 4.69) is 10.5 Å². The Hall–Kier alpha value is -4.68. The number of rotatable bonds is 9. The number of halogens is 4. The molecule has 0 fully saturated rings. The van der Waals surface area contributed by atoms with Crippen LogP contribution in [0.5, 0.6) is 5.75 Å². The first-order valence-corrected chi connectivity index (χ1v) is 13.9. The minimum atomic E-state index is -4.79. The van der Waals surface area contributed by atoms with E-state index in [1.807, 2.05) is 0 Å². The fourth-order valence-electron chi connectivity index (χ4n) is 3.61. The average molecular weight is 616 g/mol. The van der Waals surface area contributed by atoms with Gasteiger partial charge < -0.3 is 4.74 Å².